The molecule has 2 nitrogen and oxygen atoms in total. The van der Waals surface area contributed by atoms with E-state index in [9.17, 15) is 4.21 Å². The van der Waals surface area contributed by atoms with E-state index in [1.807, 2.05) is 13.8 Å². The van der Waals surface area contributed by atoms with E-state index in [0.717, 1.165) is 18.8 Å². The first kappa shape index (κ1) is 13.2. The monoisotopic (exact) mass is 231 g/mol. The minimum Gasteiger partial charge on any atom is -0.325 e. The molecule has 15 heavy (non-hydrogen) atoms. The minimum atomic E-state index is -0.737. The second kappa shape index (κ2) is 4.96. The predicted molar refractivity (Wildman–Crippen MR) is 67.2 cm³/mol. The first-order valence-electron chi connectivity index (χ1n) is 5.95. The molecular weight excluding hydrogens is 206 g/mol. The quantitative estimate of drug-likeness (QED) is 0.810. The maximum Gasteiger partial charge on any atom is 0.0412 e. The standard InChI is InChI=1S/C12H25NOS/c1-9-5-6-11(7-10(9)2)15(14)8-12(3,4)13/h9-11H,5-8,13H2,1-4H3. The molecular formula is C12H25NOS. The van der Waals surface area contributed by atoms with E-state index in [4.69, 9.17) is 5.73 Å². The van der Waals surface area contributed by atoms with Crippen LogP contribution >= 0.6 is 0 Å². The Hall–Kier alpha value is 0.110. The van der Waals surface area contributed by atoms with Crippen molar-refractivity contribution in [2.24, 2.45) is 17.6 Å². The fourth-order valence-corrected chi connectivity index (χ4v) is 4.11. The molecule has 0 radical (unpaired) electrons. The van der Waals surface area contributed by atoms with Gasteiger partial charge in [0.05, 0.1) is 0 Å². The summed E-state index contributed by atoms with van der Waals surface area (Å²) in [5, 5.41) is 0.388. The van der Waals surface area contributed by atoms with Crippen LogP contribution in [0.4, 0.5) is 0 Å². The van der Waals surface area contributed by atoms with Crippen molar-refractivity contribution in [3.63, 3.8) is 0 Å². The Morgan fingerprint density at radius 1 is 1.27 bits per heavy atom. The fourth-order valence-electron chi connectivity index (χ4n) is 2.22. The Morgan fingerprint density at radius 2 is 1.87 bits per heavy atom. The lowest BCUT2D eigenvalue weighted by Crippen LogP contribution is -2.41. The SMILES string of the molecule is CC1CCC(S(=O)CC(C)(C)N)CC1C. The summed E-state index contributed by atoms with van der Waals surface area (Å²) in [4.78, 5) is 0. The first-order valence-corrected chi connectivity index (χ1v) is 7.34. The third-order valence-electron chi connectivity index (χ3n) is 3.44. The van der Waals surface area contributed by atoms with Gasteiger partial charge in [-0.05, 0) is 44.9 Å². The van der Waals surface area contributed by atoms with E-state index in [1.54, 1.807) is 0 Å². The van der Waals surface area contributed by atoms with E-state index in [2.05, 4.69) is 13.8 Å². The summed E-state index contributed by atoms with van der Waals surface area (Å²) in [5.41, 5.74) is 5.62. The van der Waals surface area contributed by atoms with Crippen molar-refractivity contribution in [3.8, 4) is 0 Å². The topological polar surface area (TPSA) is 43.1 Å². The van der Waals surface area contributed by atoms with E-state index < -0.39 is 10.8 Å². The van der Waals surface area contributed by atoms with Crippen LogP contribution in [-0.2, 0) is 10.8 Å². The van der Waals surface area contributed by atoms with Gasteiger partial charge in [0.25, 0.3) is 0 Å². The summed E-state index contributed by atoms with van der Waals surface area (Å²) in [5.74, 6) is 2.15. The number of nitrogens with two attached hydrogens (primary N) is 1. The van der Waals surface area contributed by atoms with Gasteiger partial charge in [-0.15, -0.1) is 0 Å². The highest BCUT2D eigenvalue weighted by molar-refractivity contribution is 7.85. The molecule has 0 aromatic heterocycles. The van der Waals surface area contributed by atoms with Gasteiger partial charge < -0.3 is 5.73 Å². The van der Waals surface area contributed by atoms with Crippen LogP contribution in [0.15, 0.2) is 0 Å². The van der Waals surface area contributed by atoms with Crippen LogP contribution in [0.2, 0.25) is 0 Å². The van der Waals surface area contributed by atoms with Crippen LogP contribution in [0.25, 0.3) is 0 Å². The van der Waals surface area contributed by atoms with Gasteiger partial charge in [0.2, 0.25) is 0 Å². The molecule has 0 saturated heterocycles. The lowest BCUT2D eigenvalue weighted by Gasteiger charge is -2.32. The molecule has 0 amide bonds. The summed E-state index contributed by atoms with van der Waals surface area (Å²) in [6, 6.07) is 0. The summed E-state index contributed by atoms with van der Waals surface area (Å²) in [6.45, 7) is 8.50. The molecule has 3 heteroatoms. The van der Waals surface area contributed by atoms with Gasteiger partial charge in [-0.3, -0.25) is 4.21 Å². The predicted octanol–water partition coefficient (Wildman–Crippen LogP) is 2.30. The number of rotatable bonds is 3. The Balaban J connectivity index is 2.48. The number of hydrogen-bond acceptors (Lipinski definition) is 2. The van der Waals surface area contributed by atoms with Crippen LogP contribution in [0, 0.1) is 11.8 Å². The van der Waals surface area contributed by atoms with Crippen molar-refractivity contribution in [3.05, 3.63) is 0 Å². The van der Waals surface area contributed by atoms with E-state index >= 15 is 0 Å². The van der Waals surface area contributed by atoms with Crippen molar-refractivity contribution in [1.82, 2.24) is 0 Å². The van der Waals surface area contributed by atoms with Gasteiger partial charge >= 0.3 is 0 Å². The van der Waals surface area contributed by atoms with Gasteiger partial charge in [0, 0.05) is 27.3 Å². The molecule has 0 aliphatic heterocycles. The van der Waals surface area contributed by atoms with E-state index in [-0.39, 0.29) is 5.54 Å². The molecule has 1 rings (SSSR count). The highest BCUT2D eigenvalue weighted by Gasteiger charge is 2.30. The summed E-state index contributed by atoms with van der Waals surface area (Å²) < 4.78 is 12.1. The smallest absolute Gasteiger partial charge is 0.0412 e. The maximum absolute atomic E-state index is 12.1. The van der Waals surface area contributed by atoms with E-state index in [1.165, 1.54) is 6.42 Å². The molecule has 1 saturated carbocycles. The molecule has 2 N–H and O–H groups in total. The normalized spacial score (nSPS) is 35.1. The van der Waals surface area contributed by atoms with Crippen LogP contribution in [0.1, 0.15) is 47.0 Å². The molecule has 1 aliphatic carbocycles. The third kappa shape index (κ3) is 4.23. The molecule has 0 spiro atoms. The minimum absolute atomic E-state index is 0.294. The average molecular weight is 231 g/mol. The molecule has 1 aliphatic rings. The van der Waals surface area contributed by atoms with Crippen LogP contribution in [-0.4, -0.2) is 20.8 Å². The lowest BCUT2D eigenvalue weighted by molar-refractivity contribution is 0.281. The second-order valence-corrected chi connectivity index (χ2v) is 7.62. The van der Waals surface area contributed by atoms with Gasteiger partial charge in [-0.25, -0.2) is 0 Å². The highest BCUT2D eigenvalue weighted by atomic mass is 32.2. The molecule has 0 aromatic rings. The molecule has 0 bridgehead atoms. The van der Waals surface area contributed by atoms with Gasteiger partial charge in [-0.1, -0.05) is 13.8 Å². The summed E-state index contributed by atoms with van der Waals surface area (Å²) in [6.07, 6.45) is 3.46. The molecule has 90 valence electrons. The Morgan fingerprint density at radius 3 is 2.33 bits per heavy atom. The van der Waals surface area contributed by atoms with E-state index in [0.29, 0.717) is 16.9 Å². The summed E-state index contributed by atoms with van der Waals surface area (Å²) in [7, 11) is -0.737. The zero-order chi connectivity index (χ0) is 11.6. The average Bonchev–Trinajstić information content (AvgIpc) is 2.06. The van der Waals surface area contributed by atoms with Crippen molar-refractivity contribution < 1.29 is 4.21 Å². The lowest BCUT2D eigenvalue weighted by atomic mass is 9.81. The molecule has 0 heterocycles. The fraction of sp³-hybridized carbons (Fsp3) is 1.00. The Labute approximate surface area is 96.5 Å². The summed E-state index contributed by atoms with van der Waals surface area (Å²) >= 11 is 0. The van der Waals surface area contributed by atoms with Crippen molar-refractivity contribution in [2.75, 3.05) is 5.75 Å². The zero-order valence-electron chi connectivity index (χ0n) is 10.5. The van der Waals surface area contributed by atoms with Gasteiger partial charge in [0.15, 0.2) is 0 Å². The second-order valence-electron chi connectivity index (χ2n) is 5.90. The van der Waals surface area contributed by atoms with Crippen LogP contribution < -0.4 is 5.73 Å². The maximum atomic E-state index is 12.1. The zero-order valence-corrected chi connectivity index (χ0v) is 11.3. The van der Waals surface area contributed by atoms with Gasteiger partial charge in [-0.2, -0.15) is 0 Å². The Bertz CT molecular complexity index is 234. The molecule has 0 aromatic carbocycles. The highest BCUT2D eigenvalue weighted by Crippen LogP contribution is 2.32. The van der Waals surface area contributed by atoms with Crippen molar-refractivity contribution in [1.29, 1.82) is 0 Å². The third-order valence-corrected chi connectivity index (χ3v) is 5.64. The molecule has 4 atom stereocenters. The molecule has 1 fully saturated rings. The Kier molecular flexibility index (Phi) is 4.36. The van der Waals surface area contributed by atoms with Crippen molar-refractivity contribution >= 4 is 10.8 Å². The largest absolute Gasteiger partial charge is 0.325 e. The van der Waals surface area contributed by atoms with Gasteiger partial charge in [0.1, 0.15) is 0 Å². The number of hydrogen-bond donors (Lipinski definition) is 1. The van der Waals surface area contributed by atoms with Crippen LogP contribution in [0.3, 0.4) is 0 Å². The van der Waals surface area contributed by atoms with Crippen LogP contribution in [0.5, 0.6) is 0 Å². The first-order chi connectivity index (χ1) is 6.79. The molecule has 4 unspecified atom stereocenters. The van der Waals surface area contributed by atoms with Crippen molar-refractivity contribution in [2.45, 2.75) is 57.7 Å².